The average Bonchev–Trinajstić information content (AvgIpc) is 2.37. The van der Waals surface area contributed by atoms with E-state index in [0.717, 1.165) is 13.1 Å². The fraction of sp³-hybridized carbons (Fsp3) is 0.600. The Morgan fingerprint density at radius 1 is 1.17 bits per heavy atom. The second kappa shape index (κ2) is 8.25. The highest BCUT2D eigenvalue weighted by Crippen LogP contribution is 2.15. The van der Waals surface area contributed by atoms with Crippen molar-refractivity contribution >= 4 is 0 Å². The van der Waals surface area contributed by atoms with Crippen molar-refractivity contribution < 1.29 is 9.84 Å². The van der Waals surface area contributed by atoms with Crippen LogP contribution in [0.4, 0.5) is 0 Å². The minimum atomic E-state index is 0.188. The first-order chi connectivity index (χ1) is 8.67. The molecule has 1 aromatic rings. The van der Waals surface area contributed by atoms with Crippen molar-refractivity contribution in [2.24, 2.45) is 0 Å². The summed E-state index contributed by atoms with van der Waals surface area (Å²) in [5.41, 5.74) is 2.65. The molecule has 0 heterocycles. The number of hydrogen-bond donors (Lipinski definition) is 1. The third kappa shape index (κ3) is 5.17. The maximum atomic E-state index is 9.05. The van der Waals surface area contributed by atoms with Crippen LogP contribution < -0.4 is 0 Å². The van der Waals surface area contributed by atoms with Gasteiger partial charge in [0, 0.05) is 26.7 Å². The van der Waals surface area contributed by atoms with Gasteiger partial charge >= 0.3 is 0 Å². The minimum Gasteiger partial charge on any atom is -0.395 e. The van der Waals surface area contributed by atoms with Gasteiger partial charge in [0.05, 0.1) is 13.2 Å². The van der Waals surface area contributed by atoms with Crippen LogP contribution in [0.2, 0.25) is 0 Å². The molecule has 0 saturated heterocycles. The number of nitrogens with zero attached hydrogens (tertiary/aromatic N) is 1. The Morgan fingerprint density at radius 3 is 2.33 bits per heavy atom. The van der Waals surface area contributed by atoms with Crippen molar-refractivity contribution in [2.45, 2.75) is 26.3 Å². The van der Waals surface area contributed by atoms with Gasteiger partial charge in [0.25, 0.3) is 0 Å². The van der Waals surface area contributed by atoms with Crippen molar-refractivity contribution in [1.29, 1.82) is 0 Å². The van der Waals surface area contributed by atoms with Gasteiger partial charge in [-0.3, -0.25) is 4.90 Å². The van der Waals surface area contributed by atoms with Crippen molar-refractivity contribution in [2.75, 3.05) is 33.4 Å². The Hall–Kier alpha value is -0.900. The standard InChI is InChI=1S/C15H25NO2/c1-13(2)15-6-4-14(5-7-15)12-16(8-10-17)9-11-18-3/h4-7,13,17H,8-12H2,1-3H3. The monoisotopic (exact) mass is 251 g/mol. The smallest absolute Gasteiger partial charge is 0.0589 e. The Balaban J connectivity index is 2.56. The lowest BCUT2D eigenvalue weighted by atomic mass is 10.0. The van der Waals surface area contributed by atoms with Gasteiger partial charge in [-0.1, -0.05) is 38.1 Å². The Labute approximate surface area is 110 Å². The fourth-order valence-corrected chi connectivity index (χ4v) is 1.90. The molecule has 102 valence electrons. The first-order valence-corrected chi connectivity index (χ1v) is 6.58. The molecule has 0 bridgehead atoms. The van der Waals surface area contributed by atoms with Gasteiger partial charge in [0.2, 0.25) is 0 Å². The SMILES string of the molecule is COCCN(CCO)Cc1ccc(C(C)C)cc1. The molecule has 0 radical (unpaired) electrons. The van der Waals surface area contributed by atoms with Crippen LogP contribution in [0.1, 0.15) is 30.9 Å². The number of ether oxygens (including phenoxy) is 1. The van der Waals surface area contributed by atoms with Crippen LogP contribution in [0.15, 0.2) is 24.3 Å². The molecule has 1 rings (SSSR count). The van der Waals surface area contributed by atoms with Crippen LogP contribution in [0.25, 0.3) is 0 Å². The normalized spacial score (nSPS) is 11.4. The number of rotatable bonds is 8. The molecule has 3 nitrogen and oxygen atoms in total. The summed E-state index contributed by atoms with van der Waals surface area (Å²) in [5.74, 6) is 0.570. The molecule has 0 aliphatic carbocycles. The molecule has 0 aromatic heterocycles. The molecular formula is C15H25NO2. The second-order valence-electron chi connectivity index (χ2n) is 4.89. The first kappa shape index (κ1) is 15.2. The number of aliphatic hydroxyl groups is 1. The van der Waals surface area contributed by atoms with Crippen LogP contribution in [0.3, 0.4) is 0 Å². The van der Waals surface area contributed by atoms with E-state index in [1.165, 1.54) is 11.1 Å². The summed E-state index contributed by atoms with van der Waals surface area (Å²) in [6, 6.07) is 8.72. The number of benzene rings is 1. The highest BCUT2D eigenvalue weighted by atomic mass is 16.5. The second-order valence-corrected chi connectivity index (χ2v) is 4.89. The highest BCUT2D eigenvalue weighted by molar-refractivity contribution is 5.24. The van der Waals surface area contributed by atoms with Crippen molar-refractivity contribution in [1.82, 2.24) is 4.90 Å². The predicted molar refractivity (Wildman–Crippen MR) is 74.8 cm³/mol. The van der Waals surface area contributed by atoms with Gasteiger partial charge in [0.15, 0.2) is 0 Å². The van der Waals surface area contributed by atoms with Gasteiger partial charge in [-0.2, -0.15) is 0 Å². The molecule has 0 fully saturated rings. The maximum absolute atomic E-state index is 9.05. The van der Waals surface area contributed by atoms with E-state index in [1.807, 2.05) is 0 Å². The molecule has 18 heavy (non-hydrogen) atoms. The van der Waals surface area contributed by atoms with E-state index >= 15 is 0 Å². The van der Waals surface area contributed by atoms with Crippen molar-refractivity contribution in [3.63, 3.8) is 0 Å². The van der Waals surface area contributed by atoms with Crippen LogP contribution in [-0.4, -0.2) is 43.4 Å². The molecule has 0 amide bonds. The lowest BCUT2D eigenvalue weighted by Gasteiger charge is -2.21. The molecule has 0 unspecified atom stereocenters. The largest absolute Gasteiger partial charge is 0.395 e. The molecule has 3 heteroatoms. The zero-order valence-electron chi connectivity index (χ0n) is 11.7. The average molecular weight is 251 g/mol. The van der Waals surface area contributed by atoms with E-state index in [4.69, 9.17) is 9.84 Å². The lowest BCUT2D eigenvalue weighted by molar-refractivity contribution is 0.127. The molecule has 0 aliphatic rings. The van der Waals surface area contributed by atoms with E-state index in [-0.39, 0.29) is 6.61 Å². The highest BCUT2D eigenvalue weighted by Gasteiger charge is 2.06. The molecule has 0 saturated carbocycles. The van der Waals surface area contributed by atoms with Gasteiger partial charge in [-0.05, 0) is 17.0 Å². The van der Waals surface area contributed by atoms with Gasteiger partial charge in [-0.15, -0.1) is 0 Å². The number of hydrogen-bond acceptors (Lipinski definition) is 3. The topological polar surface area (TPSA) is 32.7 Å². The van der Waals surface area contributed by atoms with Gasteiger partial charge in [0.1, 0.15) is 0 Å². The van der Waals surface area contributed by atoms with Crippen LogP contribution in [0, 0.1) is 0 Å². The Kier molecular flexibility index (Phi) is 6.94. The maximum Gasteiger partial charge on any atom is 0.0589 e. The first-order valence-electron chi connectivity index (χ1n) is 6.58. The molecule has 0 spiro atoms. The molecular weight excluding hydrogens is 226 g/mol. The van der Waals surface area contributed by atoms with Gasteiger partial charge < -0.3 is 9.84 Å². The fourth-order valence-electron chi connectivity index (χ4n) is 1.90. The summed E-state index contributed by atoms with van der Waals surface area (Å²) in [6.07, 6.45) is 0. The van der Waals surface area contributed by atoms with E-state index in [0.29, 0.717) is 19.1 Å². The molecule has 0 atom stereocenters. The quantitative estimate of drug-likeness (QED) is 0.769. The summed E-state index contributed by atoms with van der Waals surface area (Å²) in [5, 5.41) is 9.05. The third-order valence-corrected chi connectivity index (χ3v) is 3.08. The van der Waals surface area contributed by atoms with Crippen LogP contribution in [-0.2, 0) is 11.3 Å². The summed E-state index contributed by atoms with van der Waals surface area (Å²) < 4.78 is 5.08. The van der Waals surface area contributed by atoms with Crippen LogP contribution >= 0.6 is 0 Å². The summed E-state index contributed by atoms with van der Waals surface area (Å²) in [6.45, 7) is 7.69. The zero-order chi connectivity index (χ0) is 13.4. The lowest BCUT2D eigenvalue weighted by Crippen LogP contribution is -2.29. The van der Waals surface area contributed by atoms with E-state index < -0.39 is 0 Å². The number of aliphatic hydroxyl groups excluding tert-OH is 1. The van der Waals surface area contributed by atoms with Crippen molar-refractivity contribution in [3.8, 4) is 0 Å². The minimum absolute atomic E-state index is 0.188. The Morgan fingerprint density at radius 2 is 1.83 bits per heavy atom. The molecule has 1 N–H and O–H groups in total. The van der Waals surface area contributed by atoms with E-state index in [9.17, 15) is 0 Å². The predicted octanol–water partition coefficient (Wildman–Crippen LogP) is 2.25. The van der Waals surface area contributed by atoms with E-state index in [2.05, 4.69) is 43.0 Å². The molecule has 0 aliphatic heterocycles. The van der Waals surface area contributed by atoms with Crippen LogP contribution in [0.5, 0.6) is 0 Å². The summed E-state index contributed by atoms with van der Waals surface area (Å²) >= 11 is 0. The zero-order valence-corrected chi connectivity index (χ0v) is 11.7. The summed E-state index contributed by atoms with van der Waals surface area (Å²) in [4.78, 5) is 2.20. The Bertz CT molecular complexity index is 322. The molecule has 1 aromatic carbocycles. The van der Waals surface area contributed by atoms with Gasteiger partial charge in [-0.25, -0.2) is 0 Å². The number of methoxy groups -OCH3 is 1. The van der Waals surface area contributed by atoms with E-state index in [1.54, 1.807) is 7.11 Å². The summed E-state index contributed by atoms with van der Waals surface area (Å²) in [7, 11) is 1.70. The third-order valence-electron chi connectivity index (χ3n) is 3.08. The van der Waals surface area contributed by atoms with Crippen molar-refractivity contribution in [3.05, 3.63) is 35.4 Å².